The fourth-order valence-corrected chi connectivity index (χ4v) is 9.83. The Labute approximate surface area is 338 Å². The van der Waals surface area contributed by atoms with E-state index in [0.717, 1.165) is 45.2 Å². The van der Waals surface area contributed by atoms with Crippen LogP contribution in [0.5, 0.6) is 0 Å². The van der Waals surface area contributed by atoms with Crippen LogP contribution < -0.4 is 5.32 Å². The number of nitrogens with zero attached hydrogens (tertiary/aromatic N) is 3. The largest absolute Gasteiger partial charge is 0.324 e. The molecule has 0 saturated carbocycles. The Bertz CT molecular complexity index is 3460. The van der Waals surface area contributed by atoms with Gasteiger partial charge in [0.25, 0.3) is 0 Å². The summed E-state index contributed by atoms with van der Waals surface area (Å²) in [6.07, 6.45) is -0.390. The van der Waals surface area contributed by atoms with Gasteiger partial charge in [0.05, 0.1) is 11.0 Å². The molecular formula is C53H34N4S. The van der Waals surface area contributed by atoms with Gasteiger partial charge in [0.2, 0.25) is 0 Å². The molecule has 2 aromatic heterocycles. The lowest BCUT2D eigenvalue weighted by atomic mass is 10.0. The number of benzene rings is 9. The van der Waals surface area contributed by atoms with Gasteiger partial charge in [-0.25, -0.2) is 9.98 Å². The fraction of sp³-hybridized carbons (Fsp3) is 0.0189. The number of fused-ring (bicyclic) bond motifs is 9. The summed E-state index contributed by atoms with van der Waals surface area (Å²) in [4.78, 5) is 10.4. The minimum absolute atomic E-state index is 0.390. The first-order chi connectivity index (χ1) is 28.7. The molecule has 0 bridgehead atoms. The van der Waals surface area contributed by atoms with E-state index in [1.54, 1.807) is 0 Å². The molecule has 58 heavy (non-hydrogen) atoms. The van der Waals surface area contributed by atoms with Crippen molar-refractivity contribution in [2.24, 2.45) is 9.98 Å². The summed E-state index contributed by atoms with van der Waals surface area (Å²) in [5.41, 5.74) is 9.01. The molecule has 0 fully saturated rings. The summed E-state index contributed by atoms with van der Waals surface area (Å²) in [6, 6.07) is 69.9. The number of hydrogen-bond acceptors (Lipinski definition) is 4. The van der Waals surface area contributed by atoms with Gasteiger partial charge in [-0.3, -0.25) is 0 Å². The van der Waals surface area contributed by atoms with E-state index in [1.165, 1.54) is 63.5 Å². The summed E-state index contributed by atoms with van der Waals surface area (Å²) in [5.74, 6) is 1.64. The minimum atomic E-state index is -0.390. The minimum Gasteiger partial charge on any atom is -0.324 e. The lowest BCUT2D eigenvalue weighted by molar-refractivity contribution is 0.756. The summed E-state index contributed by atoms with van der Waals surface area (Å²) in [5, 5.41) is 13.6. The molecule has 11 aromatic rings. The van der Waals surface area contributed by atoms with Crippen molar-refractivity contribution in [2.45, 2.75) is 6.17 Å². The van der Waals surface area contributed by atoms with Crippen LogP contribution in [0, 0.1) is 0 Å². The molecular weight excluding hydrogens is 725 g/mol. The third-order valence-electron chi connectivity index (χ3n) is 11.6. The van der Waals surface area contributed by atoms with E-state index in [2.05, 4.69) is 198 Å². The maximum Gasteiger partial charge on any atom is 0.169 e. The van der Waals surface area contributed by atoms with Crippen LogP contribution in [0.15, 0.2) is 204 Å². The van der Waals surface area contributed by atoms with E-state index >= 15 is 0 Å². The van der Waals surface area contributed by atoms with Crippen LogP contribution in [0.2, 0.25) is 0 Å². The number of aliphatic imine (C=N–C) groups is 2. The Morgan fingerprint density at radius 1 is 0.414 bits per heavy atom. The molecule has 1 aliphatic heterocycles. The first kappa shape index (κ1) is 32.9. The summed E-state index contributed by atoms with van der Waals surface area (Å²) < 4.78 is 5.01. The van der Waals surface area contributed by atoms with Gasteiger partial charge in [-0.05, 0) is 81.4 Å². The molecule has 9 aromatic carbocycles. The summed E-state index contributed by atoms with van der Waals surface area (Å²) in [6.45, 7) is 0. The molecule has 0 amide bonds. The monoisotopic (exact) mass is 758 g/mol. The van der Waals surface area contributed by atoms with Crippen molar-refractivity contribution in [1.29, 1.82) is 0 Å². The van der Waals surface area contributed by atoms with Gasteiger partial charge >= 0.3 is 0 Å². The molecule has 1 atom stereocenters. The standard InChI is InChI=1S/C53H34N4S/c1-2-11-36(12-3-1)51-54-52(56-53(55-51)40-25-29-49-46(31-40)43-16-8-9-17-48(43)58-49)37-20-18-33(19-21-37)34-22-26-41(27-23-34)57-47-32-39-14-5-4-13-38(39)30-45(47)44-28-24-35-10-6-7-15-42(35)50(44)57/h1-32,52H,(H,54,55,56). The zero-order valence-corrected chi connectivity index (χ0v) is 32.1. The van der Waals surface area contributed by atoms with Crippen LogP contribution in [0.25, 0.3) is 80.3 Å². The molecule has 12 rings (SSSR count). The van der Waals surface area contributed by atoms with Crippen LogP contribution in [-0.4, -0.2) is 16.2 Å². The molecule has 0 saturated heterocycles. The Kier molecular flexibility index (Phi) is 7.43. The van der Waals surface area contributed by atoms with E-state index < -0.39 is 0 Å². The number of thiophene rings is 1. The van der Waals surface area contributed by atoms with E-state index in [0.29, 0.717) is 0 Å². The zero-order valence-electron chi connectivity index (χ0n) is 31.3. The number of rotatable bonds is 5. The highest BCUT2D eigenvalue weighted by molar-refractivity contribution is 7.25. The second kappa shape index (κ2) is 13.1. The summed E-state index contributed by atoms with van der Waals surface area (Å²) >= 11 is 1.83. The van der Waals surface area contributed by atoms with Crippen LogP contribution in [0.1, 0.15) is 22.9 Å². The van der Waals surface area contributed by atoms with Crippen molar-refractivity contribution >= 4 is 86.5 Å². The molecule has 1 unspecified atom stereocenters. The Morgan fingerprint density at radius 2 is 1.03 bits per heavy atom. The molecule has 0 spiro atoms. The van der Waals surface area contributed by atoms with Gasteiger partial charge in [-0.2, -0.15) is 0 Å². The van der Waals surface area contributed by atoms with Crippen molar-refractivity contribution in [3.63, 3.8) is 0 Å². The molecule has 0 aliphatic carbocycles. The van der Waals surface area contributed by atoms with Gasteiger partial charge in [-0.15, -0.1) is 11.3 Å². The van der Waals surface area contributed by atoms with Crippen LogP contribution >= 0.6 is 11.3 Å². The normalized spacial score (nSPS) is 14.4. The smallest absolute Gasteiger partial charge is 0.169 e. The first-order valence-electron chi connectivity index (χ1n) is 19.7. The van der Waals surface area contributed by atoms with Crippen molar-refractivity contribution in [3.8, 4) is 16.8 Å². The lowest BCUT2D eigenvalue weighted by Crippen LogP contribution is -2.36. The number of amidine groups is 2. The second-order valence-corrected chi connectivity index (χ2v) is 16.1. The fourth-order valence-electron chi connectivity index (χ4n) is 8.74. The molecule has 1 N–H and O–H groups in total. The average molecular weight is 759 g/mol. The highest BCUT2D eigenvalue weighted by Gasteiger charge is 2.22. The predicted octanol–water partition coefficient (Wildman–Crippen LogP) is 13.6. The van der Waals surface area contributed by atoms with Crippen LogP contribution in [0.4, 0.5) is 0 Å². The van der Waals surface area contributed by atoms with E-state index in [4.69, 9.17) is 9.98 Å². The lowest BCUT2D eigenvalue weighted by Gasteiger charge is -2.22. The number of hydrogen-bond donors (Lipinski definition) is 1. The SMILES string of the molecule is c1ccc(C2=NC(c3ccc(-c4ccc(-n5c6cc7ccccc7cc6c6ccc7ccccc7c65)cc4)cc3)N=C(c3ccc4sc5ccccc5c4c3)N2)cc1. The molecule has 272 valence electrons. The van der Waals surface area contributed by atoms with Gasteiger partial charge in [0.1, 0.15) is 11.7 Å². The first-order valence-corrected chi connectivity index (χ1v) is 20.5. The van der Waals surface area contributed by atoms with Gasteiger partial charge in [0.15, 0.2) is 6.17 Å². The molecule has 0 radical (unpaired) electrons. The van der Waals surface area contributed by atoms with Crippen molar-refractivity contribution in [1.82, 2.24) is 9.88 Å². The highest BCUT2D eigenvalue weighted by Crippen LogP contribution is 2.39. The second-order valence-electron chi connectivity index (χ2n) is 15.0. The zero-order chi connectivity index (χ0) is 38.2. The Morgan fingerprint density at radius 3 is 1.83 bits per heavy atom. The predicted molar refractivity (Wildman–Crippen MR) is 246 cm³/mol. The molecule has 4 nitrogen and oxygen atoms in total. The van der Waals surface area contributed by atoms with Crippen molar-refractivity contribution in [2.75, 3.05) is 0 Å². The van der Waals surface area contributed by atoms with E-state index in [1.807, 2.05) is 17.4 Å². The van der Waals surface area contributed by atoms with Gasteiger partial charge < -0.3 is 9.88 Å². The van der Waals surface area contributed by atoms with Crippen LogP contribution in [0.3, 0.4) is 0 Å². The molecule has 1 aliphatic rings. The van der Waals surface area contributed by atoms with E-state index in [-0.39, 0.29) is 6.17 Å². The third kappa shape index (κ3) is 5.36. The van der Waals surface area contributed by atoms with Gasteiger partial charge in [0, 0.05) is 53.1 Å². The molecule has 5 heteroatoms. The summed E-state index contributed by atoms with van der Waals surface area (Å²) in [7, 11) is 0. The van der Waals surface area contributed by atoms with Gasteiger partial charge in [-0.1, -0.05) is 146 Å². The maximum atomic E-state index is 5.22. The highest BCUT2D eigenvalue weighted by atomic mass is 32.1. The van der Waals surface area contributed by atoms with Crippen molar-refractivity contribution < 1.29 is 0 Å². The quantitative estimate of drug-likeness (QED) is 0.187. The topological polar surface area (TPSA) is 41.7 Å². The number of aromatic nitrogens is 1. The third-order valence-corrected chi connectivity index (χ3v) is 12.8. The van der Waals surface area contributed by atoms with E-state index in [9.17, 15) is 0 Å². The number of nitrogens with one attached hydrogen (secondary N) is 1. The van der Waals surface area contributed by atoms with Crippen molar-refractivity contribution in [3.05, 3.63) is 211 Å². The average Bonchev–Trinajstić information content (AvgIpc) is 3.83. The maximum absolute atomic E-state index is 5.22. The van der Waals surface area contributed by atoms with Crippen LogP contribution in [-0.2, 0) is 0 Å². The Hall–Kier alpha value is -7.34. The Balaban J connectivity index is 0.918. The molecule has 3 heterocycles.